The van der Waals surface area contributed by atoms with Gasteiger partial charge in [-0.2, -0.15) is 4.39 Å². The Bertz CT molecular complexity index is 836. The molecule has 0 aliphatic carbocycles. The van der Waals surface area contributed by atoms with Crippen molar-refractivity contribution in [3.8, 4) is 0 Å². The molecule has 2 saturated heterocycles. The number of rotatable bonds is 3. The molecule has 7 nitrogen and oxygen atoms in total. The molecule has 3 heterocycles. The van der Waals surface area contributed by atoms with E-state index in [1.807, 2.05) is 0 Å². The molecule has 4 rings (SSSR count). The van der Waals surface area contributed by atoms with Crippen LogP contribution in [0.4, 0.5) is 28.2 Å². The maximum Gasteiger partial charge on any atom is 0.416 e. The van der Waals surface area contributed by atoms with Crippen LogP contribution in [0.1, 0.15) is 11.9 Å². The van der Waals surface area contributed by atoms with Crippen LogP contribution in [-0.4, -0.2) is 43.5 Å². The van der Waals surface area contributed by atoms with Gasteiger partial charge < -0.3 is 18.7 Å². The van der Waals surface area contributed by atoms with Crippen LogP contribution in [-0.2, 0) is 14.2 Å². The number of amides is 1. The molecule has 0 N–H and O–H groups in total. The van der Waals surface area contributed by atoms with E-state index in [1.165, 1.54) is 0 Å². The van der Waals surface area contributed by atoms with Crippen LogP contribution in [0, 0.1) is 11.6 Å². The zero-order chi connectivity index (χ0) is 17.7. The molecular formula is C14H10F4N2O5. The molecular weight excluding hydrogens is 352 g/mol. The molecule has 1 atom stereocenters. The Morgan fingerprint density at radius 2 is 1.92 bits per heavy atom. The Kier molecular flexibility index (Phi) is 3.76. The van der Waals surface area contributed by atoms with Crippen LogP contribution in [0.2, 0.25) is 0 Å². The van der Waals surface area contributed by atoms with Crippen molar-refractivity contribution >= 4 is 22.9 Å². The molecule has 134 valence electrons. The number of fused-ring (bicyclic) bond motifs is 1. The number of carbonyl (C=O) groups excluding carboxylic acids is 1. The summed E-state index contributed by atoms with van der Waals surface area (Å²) < 4.78 is 74.3. The van der Waals surface area contributed by atoms with Gasteiger partial charge in [0.05, 0.1) is 18.6 Å². The van der Waals surface area contributed by atoms with Gasteiger partial charge in [0.25, 0.3) is 6.43 Å². The molecule has 0 radical (unpaired) electrons. The number of ether oxygens (including phenoxy) is 3. The van der Waals surface area contributed by atoms with Crippen LogP contribution in [0.15, 0.2) is 10.6 Å². The molecule has 2 aliphatic heterocycles. The molecule has 1 aromatic heterocycles. The van der Waals surface area contributed by atoms with Gasteiger partial charge in [-0.3, -0.25) is 0 Å². The quantitative estimate of drug-likeness (QED) is 0.782. The number of nitrogens with zero attached hydrogens (tertiary/aromatic N) is 2. The SMILES string of the molecule is O=C1OC[C@H](C(F)F)N1c1noc2c(F)c(F)c(C3OCCO3)cc12. The fraction of sp³-hybridized carbons (Fsp3) is 0.429. The van der Waals surface area contributed by atoms with E-state index in [2.05, 4.69) is 9.89 Å². The first kappa shape index (κ1) is 16.1. The van der Waals surface area contributed by atoms with Crippen molar-refractivity contribution in [1.29, 1.82) is 0 Å². The summed E-state index contributed by atoms with van der Waals surface area (Å²) in [6.07, 6.45) is -5.16. The maximum absolute atomic E-state index is 14.3. The number of carbonyl (C=O) groups is 1. The van der Waals surface area contributed by atoms with Crippen molar-refractivity contribution in [3.63, 3.8) is 0 Å². The minimum atomic E-state index is -2.93. The Morgan fingerprint density at radius 1 is 1.20 bits per heavy atom. The van der Waals surface area contributed by atoms with E-state index < -0.39 is 48.7 Å². The smallest absolute Gasteiger partial charge is 0.416 e. The predicted molar refractivity (Wildman–Crippen MR) is 72.2 cm³/mol. The first-order chi connectivity index (χ1) is 12.0. The van der Waals surface area contributed by atoms with Gasteiger partial charge in [-0.25, -0.2) is 22.9 Å². The van der Waals surface area contributed by atoms with E-state index in [1.54, 1.807) is 0 Å². The second kappa shape index (κ2) is 5.85. The van der Waals surface area contributed by atoms with E-state index in [9.17, 15) is 22.4 Å². The lowest BCUT2D eigenvalue weighted by Crippen LogP contribution is -2.39. The third kappa shape index (κ3) is 2.42. The van der Waals surface area contributed by atoms with Gasteiger partial charge in [-0.05, 0) is 6.07 Å². The third-order valence-corrected chi connectivity index (χ3v) is 3.95. The molecule has 0 spiro atoms. The van der Waals surface area contributed by atoms with Gasteiger partial charge in [0, 0.05) is 5.56 Å². The van der Waals surface area contributed by atoms with Gasteiger partial charge in [-0.1, -0.05) is 5.16 Å². The van der Waals surface area contributed by atoms with Crippen molar-refractivity contribution in [3.05, 3.63) is 23.3 Å². The highest BCUT2D eigenvalue weighted by atomic mass is 19.3. The molecule has 11 heteroatoms. The number of hydrogen-bond donors (Lipinski definition) is 0. The third-order valence-electron chi connectivity index (χ3n) is 3.95. The Morgan fingerprint density at radius 3 is 2.60 bits per heavy atom. The summed E-state index contributed by atoms with van der Waals surface area (Å²) in [7, 11) is 0. The lowest BCUT2D eigenvalue weighted by atomic mass is 10.1. The molecule has 0 unspecified atom stereocenters. The second-order valence-electron chi connectivity index (χ2n) is 5.40. The minimum absolute atomic E-state index is 0.169. The van der Waals surface area contributed by atoms with E-state index >= 15 is 0 Å². The molecule has 1 amide bonds. The van der Waals surface area contributed by atoms with E-state index in [4.69, 9.17) is 14.0 Å². The number of hydrogen-bond acceptors (Lipinski definition) is 6. The van der Waals surface area contributed by atoms with E-state index in [0.29, 0.717) is 4.90 Å². The lowest BCUT2D eigenvalue weighted by molar-refractivity contribution is -0.0467. The van der Waals surface area contributed by atoms with Gasteiger partial charge in [-0.15, -0.1) is 0 Å². The normalized spacial score (nSPS) is 21.7. The Balaban J connectivity index is 1.86. The molecule has 0 saturated carbocycles. The summed E-state index contributed by atoms with van der Waals surface area (Å²) in [4.78, 5) is 12.4. The van der Waals surface area contributed by atoms with Crippen molar-refractivity contribution in [2.75, 3.05) is 24.7 Å². The fourth-order valence-electron chi connectivity index (χ4n) is 2.77. The van der Waals surface area contributed by atoms with Crippen LogP contribution >= 0.6 is 0 Å². The molecule has 25 heavy (non-hydrogen) atoms. The standard InChI is InChI=1S/C14H10F4N2O5/c15-8-5(13-22-1-2-23-13)3-6-10(9(8)16)25-19-12(6)20-7(11(17)18)4-24-14(20)21/h3,7,11,13H,1-2,4H2/t7-/m1/s1. The number of anilines is 1. The zero-order valence-corrected chi connectivity index (χ0v) is 12.4. The maximum atomic E-state index is 14.3. The highest BCUT2D eigenvalue weighted by Crippen LogP contribution is 2.37. The first-order valence-corrected chi connectivity index (χ1v) is 7.23. The minimum Gasteiger partial charge on any atom is -0.447 e. The molecule has 2 aromatic rings. The first-order valence-electron chi connectivity index (χ1n) is 7.23. The number of alkyl halides is 2. The van der Waals surface area contributed by atoms with Crippen molar-refractivity contribution in [2.24, 2.45) is 0 Å². The van der Waals surface area contributed by atoms with E-state index in [0.717, 1.165) is 6.07 Å². The van der Waals surface area contributed by atoms with Crippen molar-refractivity contribution < 1.29 is 41.1 Å². The Hall–Kier alpha value is -2.40. The summed E-state index contributed by atoms with van der Waals surface area (Å²) in [5.74, 6) is -3.04. The summed E-state index contributed by atoms with van der Waals surface area (Å²) in [6.45, 7) is -0.186. The molecule has 2 aliphatic rings. The predicted octanol–water partition coefficient (Wildman–Crippen LogP) is 2.74. The summed E-state index contributed by atoms with van der Waals surface area (Å²) in [6, 6.07) is -0.514. The van der Waals surface area contributed by atoms with Crippen LogP contribution < -0.4 is 4.90 Å². The van der Waals surface area contributed by atoms with Gasteiger partial charge >= 0.3 is 6.09 Å². The summed E-state index contributed by atoms with van der Waals surface area (Å²) in [5.41, 5.74) is -0.893. The molecule has 1 aromatic carbocycles. The highest BCUT2D eigenvalue weighted by Gasteiger charge is 2.43. The second-order valence-corrected chi connectivity index (χ2v) is 5.40. The highest BCUT2D eigenvalue weighted by molar-refractivity contribution is 5.99. The van der Waals surface area contributed by atoms with Crippen LogP contribution in [0.3, 0.4) is 0 Å². The topological polar surface area (TPSA) is 74.0 Å². The molecule has 2 fully saturated rings. The Labute approximate surface area is 137 Å². The molecule has 0 bridgehead atoms. The van der Waals surface area contributed by atoms with Crippen molar-refractivity contribution in [1.82, 2.24) is 5.16 Å². The number of benzene rings is 1. The summed E-state index contributed by atoms with van der Waals surface area (Å²) in [5, 5.41) is 3.29. The van der Waals surface area contributed by atoms with Gasteiger partial charge in [0.2, 0.25) is 11.4 Å². The van der Waals surface area contributed by atoms with Gasteiger partial charge in [0.15, 0.2) is 17.9 Å². The lowest BCUT2D eigenvalue weighted by Gasteiger charge is -2.18. The largest absolute Gasteiger partial charge is 0.447 e. The van der Waals surface area contributed by atoms with Crippen LogP contribution in [0.25, 0.3) is 11.0 Å². The summed E-state index contributed by atoms with van der Waals surface area (Å²) >= 11 is 0. The monoisotopic (exact) mass is 362 g/mol. The zero-order valence-electron chi connectivity index (χ0n) is 12.4. The number of cyclic esters (lactones) is 1. The van der Waals surface area contributed by atoms with E-state index in [-0.39, 0.29) is 30.0 Å². The fourth-order valence-corrected chi connectivity index (χ4v) is 2.77. The van der Waals surface area contributed by atoms with Crippen molar-refractivity contribution in [2.45, 2.75) is 18.8 Å². The number of aromatic nitrogens is 1. The average molecular weight is 362 g/mol. The number of halogens is 4. The van der Waals surface area contributed by atoms with Gasteiger partial charge in [0.1, 0.15) is 12.6 Å². The average Bonchev–Trinajstić information content (AvgIpc) is 3.29. The van der Waals surface area contributed by atoms with Crippen LogP contribution in [0.5, 0.6) is 0 Å².